The van der Waals surface area contributed by atoms with E-state index in [1.165, 1.54) is 0 Å². The Morgan fingerprint density at radius 2 is 1.93 bits per heavy atom. The van der Waals surface area contributed by atoms with Gasteiger partial charge in [-0.3, -0.25) is 9.59 Å². The Balaban J connectivity index is 2.16. The number of hydrogen-bond acceptors (Lipinski definition) is 3. The monoisotopic (exact) mass is 366 g/mol. The van der Waals surface area contributed by atoms with Crippen LogP contribution in [0, 0.1) is 13.8 Å². The fourth-order valence-electron chi connectivity index (χ4n) is 2.57. The standard InChI is InChI=1S/C22H26N2O3/c1-5-13-23-21(25)17-9-7-8-10-18(17)24-22(26)19(6-2)27-20-14-15(3)11-12-16(20)4/h5,7-12,14,19H,1,6,13H2,2-4H3,(H,23,25)(H,24,26). The van der Waals surface area contributed by atoms with Gasteiger partial charge in [0, 0.05) is 6.54 Å². The van der Waals surface area contributed by atoms with Gasteiger partial charge in [-0.1, -0.05) is 37.3 Å². The third-order valence-corrected chi connectivity index (χ3v) is 4.11. The van der Waals surface area contributed by atoms with Gasteiger partial charge < -0.3 is 15.4 Å². The zero-order chi connectivity index (χ0) is 19.8. The maximum atomic E-state index is 12.7. The summed E-state index contributed by atoms with van der Waals surface area (Å²) in [7, 11) is 0. The molecule has 142 valence electrons. The van der Waals surface area contributed by atoms with Gasteiger partial charge in [0.25, 0.3) is 11.8 Å². The van der Waals surface area contributed by atoms with Crippen molar-refractivity contribution < 1.29 is 14.3 Å². The molecule has 1 unspecified atom stereocenters. The van der Waals surface area contributed by atoms with Gasteiger partial charge in [-0.2, -0.15) is 0 Å². The number of benzene rings is 2. The number of rotatable bonds is 8. The van der Waals surface area contributed by atoms with Crippen LogP contribution in [0.2, 0.25) is 0 Å². The summed E-state index contributed by atoms with van der Waals surface area (Å²) >= 11 is 0. The quantitative estimate of drug-likeness (QED) is 0.694. The van der Waals surface area contributed by atoms with Crippen molar-refractivity contribution in [1.82, 2.24) is 5.32 Å². The van der Waals surface area contributed by atoms with Crippen LogP contribution in [0.25, 0.3) is 0 Å². The average molecular weight is 366 g/mol. The van der Waals surface area contributed by atoms with Crippen molar-refractivity contribution in [3.8, 4) is 5.75 Å². The number of anilines is 1. The number of ether oxygens (including phenoxy) is 1. The average Bonchev–Trinajstić information content (AvgIpc) is 2.67. The number of carbonyl (C=O) groups excluding carboxylic acids is 2. The zero-order valence-corrected chi connectivity index (χ0v) is 16.0. The Kier molecular flexibility index (Phi) is 7.17. The number of amides is 2. The van der Waals surface area contributed by atoms with Crippen LogP contribution in [0.5, 0.6) is 5.75 Å². The topological polar surface area (TPSA) is 67.4 Å². The van der Waals surface area contributed by atoms with Crippen molar-refractivity contribution in [1.29, 1.82) is 0 Å². The second-order valence-electron chi connectivity index (χ2n) is 6.32. The summed E-state index contributed by atoms with van der Waals surface area (Å²) in [6, 6.07) is 12.8. The minimum absolute atomic E-state index is 0.269. The Hall–Kier alpha value is -3.08. The molecule has 2 N–H and O–H groups in total. The first-order valence-electron chi connectivity index (χ1n) is 8.99. The molecule has 0 heterocycles. The summed E-state index contributed by atoms with van der Waals surface area (Å²) in [5.41, 5.74) is 2.88. The summed E-state index contributed by atoms with van der Waals surface area (Å²) in [6.07, 6.45) is 1.45. The molecule has 0 fully saturated rings. The van der Waals surface area contributed by atoms with E-state index in [9.17, 15) is 9.59 Å². The SMILES string of the molecule is C=CCNC(=O)c1ccccc1NC(=O)C(CC)Oc1cc(C)ccc1C. The van der Waals surface area contributed by atoms with Crippen molar-refractivity contribution in [3.05, 3.63) is 71.8 Å². The highest BCUT2D eigenvalue weighted by Gasteiger charge is 2.21. The van der Waals surface area contributed by atoms with Crippen molar-refractivity contribution in [3.63, 3.8) is 0 Å². The third-order valence-electron chi connectivity index (χ3n) is 4.11. The van der Waals surface area contributed by atoms with Crippen LogP contribution in [-0.2, 0) is 4.79 Å². The first-order valence-corrected chi connectivity index (χ1v) is 8.99. The maximum Gasteiger partial charge on any atom is 0.265 e. The van der Waals surface area contributed by atoms with E-state index < -0.39 is 6.10 Å². The summed E-state index contributed by atoms with van der Waals surface area (Å²) in [5, 5.41) is 5.54. The van der Waals surface area contributed by atoms with Gasteiger partial charge >= 0.3 is 0 Å². The molecule has 2 aromatic carbocycles. The first-order chi connectivity index (χ1) is 13.0. The Bertz CT molecular complexity index is 830. The van der Waals surface area contributed by atoms with Gasteiger partial charge in [-0.15, -0.1) is 6.58 Å². The van der Waals surface area contributed by atoms with Crippen LogP contribution in [0.3, 0.4) is 0 Å². The second kappa shape index (κ2) is 9.57. The molecule has 27 heavy (non-hydrogen) atoms. The molecule has 1 atom stereocenters. The number of para-hydroxylation sites is 1. The van der Waals surface area contributed by atoms with Gasteiger partial charge in [-0.05, 0) is 49.6 Å². The smallest absolute Gasteiger partial charge is 0.265 e. The molecule has 2 rings (SSSR count). The summed E-state index contributed by atoms with van der Waals surface area (Å²) in [4.78, 5) is 25.0. The molecule has 0 radical (unpaired) electrons. The molecule has 0 aliphatic carbocycles. The molecule has 2 amide bonds. The van der Waals surface area contributed by atoms with Crippen LogP contribution in [0.15, 0.2) is 55.1 Å². The summed E-state index contributed by atoms with van der Waals surface area (Å²) < 4.78 is 5.95. The lowest BCUT2D eigenvalue weighted by Gasteiger charge is -2.20. The van der Waals surface area contributed by atoms with Crippen molar-refractivity contribution >= 4 is 17.5 Å². The molecule has 0 aliphatic heterocycles. The summed E-state index contributed by atoms with van der Waals surface area (Å²) in [6.45, 7) is 9.75. The lowest BCUT2D eigenvalue weighted by molar-refractivity contribution is -0.122. The normalized spacial score (nSPS) is 11.4. The fourth-order valence-corrected chi connectivity index (χ4v) is 2.57. The van der Waals surface area contributed by atoms with E-state index in [-0.39, 0.29) is 11.8 Å². The van der Waals surface area contributed by atoms with Gasteiger partial charge in [0.15, 0.2) is 6.10 Å². The fraction of sp³-hybridized carbons (Fsp3) is 0.273. The molecule has 0 spiro atoms. The van der Waals surface area contributed by atoms with E-state index in [4.69, 9.17) is 4.74 Å². The molecule has 5 heteroatoms. The van der Waals surface area contributed by atoms with Crippen molar-refractivity contribution in [2.45, 2.75) is 33.3 Å². The van der Waals surface area contributed by atoms with E-state index in [1.54, 1.807) is 30.3 Å². The van der Waals surface area contributed by atoms with Gasteiger partial charge in [0.2, 0.25) is 0 Å². The molecule has 0 bridgehead atoms. The Labute approximate surface area is 160 Å². The molecule has 0 aromatic heterocycles. The largest absolute Gasteiger partial charge is 0.480 e. The van der Waals surface area contributed by atoms with E-state index in [2.05, 4.69) is 17.2 Å². The highest BCUT2D eigenvalue weighted by molar-refractivity contribution is 6.04. The predicted molar refractivity (Wildman–Crippen MR) is 108 cm³/mol. The lowest BCUT2D eigenvalue weighted by Crippen LogP contribution is -2.33. The van der Waals surface area contributed by atoms with Crippen molar-refractivity contribution in [2.24, 2.45) is 0 Å². The Morgan fingerprint density at radius 3 is 2.63 bits per heavy atom. The minimum atomic E-state index is -0.658. The Morgan fingerprint density at radius 1 is 1.19 bits per heavy atom. The van der Waals surface area contributed by atoms with Crippen LogP contribution in [0.1, 0.15) is 34.8 Å². The van der Waals surface area contributed by atoms with Gasteiger partial charge in [-0.25, -0.2) is 0 Å². The molecular weight excluding hydrogens is 340 g/mol. The predicted octanol–water partition coefficient (Wildman–Crippen LogP) is 4.02. The van der Waals surface area contributed by atoms with E-state index in [0.717, 1.165) is 11.1 Å². The van der Waals surface area contributed by atoms with E-state index in [1.807, 2.05) is 39.0 Å². The van der Waals surface area contributed by atoms with Crippen LogP contribution in [0.4, 0.5) is 5.69 Å². The van der Waals surface area contributed by atoms with E-state index >= 15 is 0 Å². The zero-order valence-electron chi connectivity index (χ0n) is 16.0. The molecule has 0 saturated carbocycles. The van der Waals surface area contributed by atoms with Crippen molar-refractivity contribution in [2.75, 3.05) is 11.9 Å². The van der Waals surface area contributed by atoms with Crippen LogP contribution < -0.4 is 15.4 Å². The van der Waals surface area contributed by atoms with Crippen LogP contribution in [-0.4, -0.2) is 24.5 Å². The van der Waals surface area contributed by atoms with Gasteiger partial charge in [0.05, 0.1) is 11.3 Å². The third kappa shape index (κ3) is 5.45. The highest BCUT2D eigenvalue weighted by atomic mass is 16.5. The molecular formula is C22H26N2O3. The maximum absolute atomic E-state index is 12.7. The number of nitrogens with one attached hydrogen (secondary N) is 2. The molecule has 5 nitrogen and oxygen atoms in total. The minimum Gasteiger partial charge on any atom is -0.480 e. The lowest BCUT2D eigenvalue weighted by atomic mass is 10.1. The van der Waals surface area contributed by atoms with Gasteiger partial charge in [0.1, 0.15) is 5.75 Å². The molecule has 2 aromatic rings. The number of hydrogen-bond donors (Lipinski definition) is 2. The first kappa shape index (κ1) is 20.2. The number of carbonyl (C=O) groups is 2. The molecule has 0 aliphatic rings. The number of aryl methyl sites for hydroxylation is 2. The second-order valence-corrected chi connectivity index (χ2v) is 6.32. The molecule has 0 saturated heterocycles. The summed E-state index contributed by atoms with van der Waals surface area (Å²) in [5.74, 6) is 0.130. The van der Waals surface area contributed by atoms with Crippen LogP contribution >= 0.6 is 0 Å². The highest BCUT2D eigenvalue weighted by Crippen LogP contribution is 2.22. The van der Waals surface area contributed by atoms with E-state index in [0.29, 0.717) is 30.0 Å².